The minimum absolute atomic E-state index is 0. The Balaban J connectivity index is 0.00000312. The molecule has 0 atom stereocenters. The van der Waals surface area contributed by atoms with E-state index in [1.54, 1.807) is 11.8 Å². The first-order valence-electron chi connectivity index (χ1n) is 8.03. The highest BCUT2D eigenvalue weighted by Gasteiger charge is 2.10. The Hall–Kier alpha value is -1.17. The molecule has 0 saturated carbocycles. The van der Waals surface area contributed by atoms with Gasteiger partial charge in [0, 0.05) is 22.1 Å². The summed E-state index contributed by atoms with van der Waals surface area (Å²) in [7, 11) is 1.95. The van der Waals surface area contributed by atoms with E-state index in [2.05, 4.69) is 71.4 Å². The third kappa shape index (κ3) is 5.40. The largest absolute Gasteiger partial charge is 0.369 e. The number of aryl methyl sites for hydroxylation is 2. The van der Waals surface area contributed by atoms with Crippen LogP contribution in [0.1, 0.15) is 25.0 Å². The van der Waals surface area contributed by atoms with Gasteiger partial charge in [0.1, 0.15) is 0 Å². The summed E-state index contributed by atoms with van der Waals surface area (Å²) >= 11 is 5.38. The molecule has 0 spiro atoms. The van der Waals surface area contributed by atoms with Crippen molar-refractivity contribution in [3.63, 3.8) is 0 Å². The topological polar surface area (TPSA) is 41.6 Å². The monoisotopic (exact) mass is 441 g/mol. The molecule has 2 N–H and O–H groups in total. The fourth-order valence-corrected chi connectivity index (χ4v) is 3.50. The molecule has 0 fully saturated rings. The minimum Gasteiger partial charge on any atom is -0.369 e. The Labute approximate surface area is 169 Å². The molecule has 0 amide bonds. The molecule has 0 aromatic heterocycles. The Morgan fingerprint density at radius 2 is 1.92 bits per heavy atom. The summed E-state index contributed by atoms with van der Waals surface area (Å²) in [5, 5.41) is 0. The highest BCUT2D eigenvalue weighted by Crippen LogP contribution is 2.34. The summed E-state index contributed by atoms with van der Waals surface area (Å²) in [5.74, 6) is 0.476. The molecule has 0 aliphatic heterocycles. The van der Waals surface area contributed by atoms with E-state index < -0.39 is 0 Å². The fraction of sp³-hybridized carbons (Fsp3) is 0.316. The Kier molecular flexibility index (Phi) is 8.83. The maximum Gasteiger partial charge on any atom is 0.200 e. The van der Waals surface area contributed by atoms with Gasteiger partial charge in [0.2, 0.25) is 5.96 Å². The van der Waals surface area contributed by atoms with Crippen LogP contribution in [0.3, 0.4) is 0 Å². The van der Waals surface area contributed by atoms with Crippen LogP contribution in [0.5, 0.6) is 0 Å². The zero-order valence-electron chi connectivity index (χ0n) is 15.0. The molecule has 2 aromatic carbocycles. The Morgan fingerprint density at radius 1 is 1.20 bits per heavy atom. The van der Waals surface area contributed by atoms with Gasteiger partial charge in [0.25, 0.3) is 0 Å². The predicted octanol–water partition coefficient (Wildman–Crippen LogP) is 5.80. The van der Waals surface area contributed by atoms with E-state index in [1.807, 2.05) is 18.0 Å². The number of anilines is 1. The van der Waals surface area contributed by atoms with Gasteiger partial charge < -0.3 is 10.6 Å². The molecule has 0 heterocycles. The second-order valence-corrected chi connectivity index (χ2v) is 7.20. The standard InChI is InChI=1S/C19H24BrN3S.ClH/c1-5-13-8-7-9-15(10-13)23(3)19(21)22-17-12-16(24-4)11-14(6-2)18(17)20;/h7-12H,5-6H2,1-4H3,(H2,21,22);1H. The number of rotatable bonds is 5. The quantitative estimate of drug-likeness (QED) is 0.361. The minimum atomic E-state index is 0. The number of guanidine groups is 1. The highest BCUT2D eigenvalue weighted by molar-refractivity contribution is 9.10. The second-order valence-electron chi connectivity index (χ2n) is 5.53. The van der Waals surface area contributed by atoms with E-state index in [-0.39, 0.29) is 12.4 Å². The smallest absolute Gasteiger partial charge is 0.200 e. The predicted molar refractivity (Wildman–Crippen MR) is 118 cm³/mol. The van der Waals surface area contributed by atoms with Gasteiger partial charge in [-0.2, -0.15) is 0 Å². The van der Waals surface area contributed by atoms with Crippen LogP contribution in [0, 0.1) is 0 Å². The van der Waals surface area contributed by atoms with Crippen molar-refractivity contribution in [2.45, 2.75) is 31.6 Å². The summed E-state index contributed by atoms with van der Waals surface area (Å²) in [4.78, 5) is 7.78. The summed E-state index contributed by atoms with van der Waals surface area (Å²) in [6, 6.07) is 12.6. The van der Waals surface area contributed by atoms with Gasteiger partial charge in [0.15, 0.2) is 0 Å². The van der Waals surface area contributed by atoms with Crippen molar-refractivity contribution in [2.75, 3.05) is 18.2 Å². The molecule has 0 aliphatic carbocycles. The van der Waals surface area contributed by atoms with Crippen molar-refractivity contribution >= 4 is 57.4 Å². The molecular formula is C19H25BrClN3S. The van der Waals surface area contributed by atoms with Crippen LogP contribution in [0.4, 0.5) is 11.4 Å². The van der Waals surface area contributed by atoms with Crippen molar-refractivity contribution in [2.24, 2.45) is 10.7 Å². The first kappa shape index (κ1) is 21.9. The SMILES string of the molecule is CCc1cccc(N(C)C(N)=Nc2cc(SC)cc(CC)c2Br)c1.Cl. The number of hydrogen-bond donors (Lipinski definition) is 1. The van der Waals surface area contributed by atoms with Gasteiger partial charge in [-0.1, -0.05) is 26.0 Å². The van der Waals surface area contributed by atoms with Crippen LogP contribution < -0.4 is 10.6 Å². The Bertz CT molecular complexity index is 749. The van der Waals surface area contributed by atoms with Crippen molar-refractivity contribution in [1.29, 1.82) is 0 Å². The lowest BCUT2D eigenvalue weighted by molar-refractivity contribution is 1.10. The van der Waals surface area contributed by atoms with Crippen molar-refractivity contribution in [3.8, 4) is 0 Å². The molecule has 2 rings (SSSR count). The molecule has 0 aliphatic rings. The van der Waals surface area contributed by atoms with Crippen molar-refractivity contribution in [3.05, 3.63) is 52.0 Å². The van der Waals surface area contributed by atoms with Crippen LogP contribution in [0.25, 0.3) is 0 Å². The van der Waals surface area contributed by atoms with Gasteiger partial charge in [-0.05, 0) is 70.4 Å². The number of thioether (sulfide) groups is 1. The lowest BCUT2D eigenvalue weighted by Gasteiger charge is -2.19. The summed E-state index contributed by atoms with van der Waals surface area (Å²) in [6.07, 6.45) is 4.02. The third-order valence-electron chi connectivity index (χ3n) is 4.00. The molecule has 0 saturated heterocycles. The first-order chi connectivity index (χ1) is 11.5. The van der Waals surface area contributed by atoms with Gasteiger partial charge in [-0.15, -0.1) is 24.2 Å². The zero-order chi connectivity index (χ0) is 17.7. The molecular weight excluding hydrogens is 418 g/mol. The molecule has 25 heavy (non-hydrogen) atoms. The number of aliphatic imine (C=N–C) groups is 1. The number of halogens is 2. The van der Waals surface area contributed by atoms with Crippen LogP contribution in [0.2, 0.25) is 0 Å². The van der Waals surface area contributed by atoms with E-state index >= 15 is 0 Å². The van der Waals surface area contributed by atoms with Crippen LogP contribution in [-0.4, -0.2) is 19.3 Å². The average molecular weight is 443 g/mol. The molecule has 0 bridgehead atoms. The Morgan fingerprint density at radius 3 is 2.52 bits per heavy atom. The van der Waals surface area contributed by atoms with Crippen LogP contribution in [-0.2, 0) is 12.8 Å². The molecule has 2 aromatic rings. The second kappa shape index (κ2) is 10.1. The van der Waals surface area contributed by atoms with Gasteiger partial charge >= 0.3 is 0 Å². The zero-order valence-corrected chi connectivity index (χ0v) is 18.3. The van der Waals surface area contributed by atoms with Crippen molar-refractivity contribution in [1.82, 2.24) is 0 Å². The molecule has 0 unspecified atom stereocenters. The van der Waals surface area contributed by atoms with E-state index in [9.17, 15) is 0 Å². The average Bonchev–Trinajstić information content (AvgIpc) is 2.62. The van der Waals surface area contributed by atoms with Crippen LogP contribution in [0.15, 0.2) is 50.8 Å². The summed E-state index contributed by atoms with van der Waals surface area (Å²) < 4.78 is 1.02. The van der Waals surface area contributed by atoms with Crippen molar-refractivity contribution < 1.29 is 0 Å². The van der Waals surface area contributed by atoms with Gasteiger partial charge in [-0.25, -0.2) is 4.99 Å². The molecule has 0 radical (unpaired) electrons. The van der Waals surface area contributed by atoms with E-state index in [4.69, 9.17) is 5.73 Å². The normalized spacial score (nSPS) is 11.2. The van der Waals surface area contributed by atoms with E-state index in [0.29, 0.717) is 5.96 Å². The number of benzene rings is 2. The lowest BCUT2D eigenvalue weighted by Crippen LogP contribution is -2.33. The molecule has 3 nitrogen and oxygen atoms in total. The lowest BCUT2D eigenvalue weighted by atomic mass is 10.1. The van der Waals surface area contributed by atoms with E-state index in [1.165, 1.54) is 16.0 Å². The maximum absolute atomic E-state index is 6.27. The van der Waals surface area contributed by atoms with E-state index in [0.717, 1.165) is 28.7 Å². The molecule has 6 heteroatoms. The summed E-state index contributed by atoms with van der Waals surface area (Å²) in [6.45, 7) is 4.29. The summed E-state index contributed by atoms with van der Waals surface area (Å²) in [5.41, 5.74) is 10.7. The maximum atomic E-state index is 6.27. The number of hydrogen-bond acceptors (Lipinski definition) is 2. The van der Waals surface area contributed by atoms with Gasteiger partial charge in [-0.3, -0.25) is 0 Å². The molecule has 136 valence electrons. The van der Waals surface area contributed by atoms with Crippen LogP contribution >= 0.6 is 40.1 Å². The fourth-order valence-electron chi connectivity index (χ4n) is 2.41. The third-order valence-corrected chi connectivity index (χ3v) is 5.63. The number of nitrogens with two attached hydrogens (primary N) is 1. The highest BCUT2D eigenvalue weighted by atomic mass is 79.9. The van der Waals surface area contributed by atoms with Gasteiger partial charge in [0.05, 0.1) is 5.69 Å². The first-order valence-corrected chi connectivity index (χ1v) is 10.0. The number of nitrogens with zero attached hydrogens (tertiary/aromatic N) is 2.